The number of carbonyl (C=O) groups is 3. The molecule has 0 unspecified atom stereocenters. The van der Waals surface area contributed by atoms with Crippen LogP contribution in [0.25, 0.3) is 0 Å². The Morgan fingerprint density at radius 3 is 2.83 bits per heavy atom. The number of amides is 3. The number of carbonyl (C=O) groups excluding carboxylic acids is 3. The van der Waals surface area contributed by atoms with Crippen molar-refractivity contribution in [2.45, 2.75) is 31.3 Å². The Morgan fingerprint density at radius 2 is 2.12 bits per heavy atom. The maximum absolute atomic E-state index is 12.7. The summed E-state index contributed by atoms with van der Waals surface area (Å²) in [6.45, 7) is 1.47. The molecule has 0 aromatic carbocycles. The molecule has 2 aliphatic carbocycles. The lowest BCUT2D eigenvalue weighted by Gasteiger charge is -2.26. The lowest BCUT2D eigenvalue weighted by Crippen LogP contribution is -2.53. The first kappa shape index (κ1) is 15.6. The Balaban J connectivity index is 1.41. The van der Waals surface area contributed by atoms with Crippen molar-refractivity contribution in [3.05, 3.63) is 12.2 Å². The molecule has 0 radical (unpaired) electrons. The van der Waals surface area contributed by atoms with Crippen LogP contribution in [-0.4, -0.2) is 42.9 Å². The summed E-state index contributed by atoms with van der Waals surface area (Å²) in [6.07, 6.45) is 6.60. The highest BCUT2D eigenvalue weighted by molar-refractivity contribution is 5.90. The minimum absolute atomic E-state index is 0.0622. The third kappa shape index (κ3) is 2.51. The molecule has 7 nitrogen and oxygen atoms in total. The molecule has 4 aliphatic rings. The molecule has 2 aliphatic heterocycles. The number of allylic oxidation sites excluding steroid dienone is 2. The molecule has 4 rings (SSSR count). The van der Waals surface area contributed by atoms with Crippen molar-refractivity contribution in [2.75, 3.05) is 13.1 Å². The fourth-order valence-corrected chi connectivity index (χ4v) is 5.07. The van der Waals surface area contributed by atoms with Crippen molar-refractivity contribution in [3.63, 3.8) is 0 Å². The van der Waals surface area contributed by atoms with Crippen LogP contribution in [0.3, 0.4) is 0 Å². The molecule has 7 atom stereocenters. The number of nitrogens with one attached hydrogen (secondary N) is 3. The Hall–Kier alpha value is -1.89. The molecule has 2 heterocycles. The Morgan fingerprint density at radius 1 is 1.33 bits per heavy atom. The van der Waals surface area contributed by atoms with E-state index >= 15 is 0 Å². The second kappa shape index (κ2) is 5.88. The molecule has 24 heavy (non-hydrogen) atoms. The summed E-state index contributed by atoms with van der Waals surface area (Å²) in [5.74, 6) is 0.811. The number of rotatable bonds is 5. The summed E-state index contributed by atoms with van der Waals surface area (Å²) < 4.78 is 0. The van der Waals surface area contributed by atoms with E-state index in [0.29, 0.717) is 36.6 Å². The minimum atomic E-state index is -0.790. The number of nitrogens with two attached hydrogens (primary N) is 1. The zero-order valence-corrected chi connectivity index (χ0v) is 13.5. The van der Waals surface area contributed by atoms with Gasteiger partial charge in [0.05, 0.1) is 6.04 Å². The van der Waals surface area contributed by atoms with E-state index in [1.807, 2.05) is 0 Å². The van der Waals surface area contributed by atoms with Gasteiger partial charge < -0.3 is 21.7 Å². The van der Waals surface area contributed by atoms with Crippen molar-refractivity contribution < 1.29 is 14.4 Å². The van der Waals surface area contributed by atoms with Crippen LogP contribution in [0.4, 0.5) is 0 Å². The topological polar surface area (TPSA) is 113 Å². The second-order valence-corrected chi connectivity index (χ2v) is 7.55. The molecule has 0 aromatic rings. The third-order valence-electron chi connectivity index (χ3n) is 6.27. The quantitative estimate of drug-likeness (QED) is 0.478. The Kier molecular flexibility index (Phi) is 3.83. The van der Waals surface area contributed by atoms with E-state index in [1.54, 1.807) is 0 Å². The molecule has 2 bridgehead atoms. The standard InChI is InChI=1S/C17H24N4O3/c18-15(22)12(6-10-3-4-19-16(10)23)21-17(24)14-13-9-2-1-8(5-9)11(13)7-20-14/h1-2,8-14,20H,3-7H2,(H2,18,22)(H,19,23)(H,21,24)/t8-,9+,10+,11-,12+,13+,14+/m1/s1. The summed E-state index contributed by atoms with van der Waals surface area (Å²) in [4.78, 5) is 36.2. The zero-order chi connectivity index (χ0) is 16.8. The van der Waals surface area contributed by atoms with Gasteiger partial charge in [0.25, 0.3) is 0 Å². The summed E-state index contributed by atoms with van der Waals surface area (Å²) in [6, 6.07) is -1.06. The molecule has 0 aromatic heterocycles. The molecular formula is C17H24N4O3. The average Bonchev–Trinajstić information content (AvgIpc) is 3.28. The van der Waals surface area contributed by atoms with Gasteiger partial charge in [-0.15, -0.1) is 0 Å². The minimum Gasteiger partial charge on any atom is -0.368 e. The average molecular weight is 332 g/mol. The first-order chi connectivity index (χ1) is 11.5. The van der Waals surface area contributed by atoms with Crippen LogP contribution in [0.2, 0.25) is 0 Å². The number of hydrogen-bond acceptors (Lipinski definition) is 4. The SMILES string of the molecule is NC(=O)[C@H](C[C@@H]1CCNC1=O)NC(=O)[C@H]1NC[C@H]2[C@@H]1[C@H]1C=C[C@@H]2C1. The first-order valence-electron chi connectivity index (χ1n) is 8.83. The van der Waals surface area contributed by atoms with Crippen molar-refractivity contribution >= 4 is 17.7 Å². The number of hydrogen-bond donors (Lipinski definition) is 4. The predicted octanol–water partition coefficient (Wildman–Crippen LogP) is -1.11. The maximum Gasteiger partial charge on any atom is 0.240 e. The Bertz CT molecular complexity index is 605. The third-order valence-corrected chi connectivity index (χ3v) is 6.27. The van der Waals surface area contributed by atoms with Gasteiger partial charge in [-0.2, -0.15) is 0 Å². The van der Waals surface area contributed by atoms with E-state index < -0.39 is 11.9 Å². The number of primary amides is 1. The lowest BCUT2D eigenvalue weighted by molar-refractivity contribution is -0.130. The van der Waals surface area contributed by atoms with Crippen LogP contribution in [0.1, 0.15) is 19.3 Å². The monoisotopic (exact) mass is 332 g/mol. The maximum atomic E-state index is 12.7. The summed E-state index contributed by atoms with van der Waals surface area (Å²) in [7, 11) is 0. The molecule has 3 amide bonds. The molecular weight excluding hydrogens is 308 g/mol. The molecule has 5 N–H and O–H groups in total. The van der Waals surface area contributed by atoms with E-state index in [9.17, 15) is 14.4 Å². The van der Waals surface area contributed by atoms with Crippen LogP contribution in [0, 0.1) is 29.6 Å². The highest BCUT2D eigenvalue weighted by atomic mass is 16.2. The molecule has 0 spiro atoms. The van der Waals surface area contributed by atoms with Gasteiger partial charge in [0.15, 0.2) is 0 Å². The van der Waals surface area contributed by atoms with Gasteiger partial charge in [0.2, 0.25) is 17.7 Å². The van der Waals surface area contributed by atoms with Crippen LogP contribution >= 0.6 is 0 Å². The predicted molar refractivity (Wildman–Crippen MR) is 86.4 cm³/mol. The lowest BCUT2D eigenvalue weighted by atomic mass is 9.81. The number of fused-ring (bicyclic) bond motifs is 5. The summed E-state index contributed by atoms with van der Waals surface area (Å²) in [5, 5.41) is 8.87. The normalized spacial score (nSPS) is 40.4. The van der Waals surface area contributed by atoms with E-state index in [-0.39, 0.29) is 30.2 Å². The van der Waals surface area contributed by atoms with E-state index in [1.165, 1.54) is 0 Å². The van der Waals surface area contributed by atoms with Crippen molar-refractivity contribution in [3.8, 4) is 0 Å². The molecule has 3 fully saturated rings. The van der Waals surface area contributed by atoms with E-state index in [4.69, 9.17) is 5.73 Å². The van der Waals surface area contributed by atoms with Crippen molar-refractivity contribution in [2.24, 2.45) is 35.3 Å². The van der Waals surface area contributed by atoms with Crippen molar-refractivity contribution in [1.82, 2.24) is 16.0 Å². The van der Waals surface area contributed by atoms with Crippen LogP contribution in [0.5, 0.6) is 0 Å². The summed E-state index contributed by atoms with van der Waals surface area (Å²) >= 11 is 0. The van der Waals surface area contributed by atoms with E-state index in [2.05, 4.69) is 28.1 Å². The van der Waals surface area contributed by atoms with Gasteiger partial charge in [-0.25, -0.2) is 0 Å². The van der Waals surface area contributed by atoms with Gasteiger partial charge in [0.1, 0.15) is 6.04 Å². The zero-order valence-electron chi connectivity index (χ0n) is 13.5. The second-order valence-electron chi connectivity index (χ2n) is 7.55. The van der Waals surface area contributed by atoms with Crippen LogP contribution in [-0.2, 0) is 14.4 Å². The fraction of sp³-hybridized carbons (Fsp3) is 0.706. The largest absolute Gasteiger partial charge is 0.368 e. The van der Waals surface area contributed by atoms with Gasteiger partial charge in [0, 0.05) is 12.5 Å². The van der Waals surface area contributed by atoms with E-state index in [0.717, 1.165) is 13.0 Å². The Labute approximate surface area is 140 Å². The van der Waals surface area contributed by atoms with Gasteiger partial charge in [-0.05, 0) is 49.5 Å². The highest BCUT2D eigenvalue weighted by Crippen LogP contribution is 2.51. The van der Waals surface area contributed by atoms with Gasteiger partial charge >= 0.3 is 0 Å². The smallest absolute Gasteiger partial charge is 0.240 e. The highest BCUT2D eigenvalue weighted by Gasteiger charge is 2.53. The molecule has 130 valence electrons. The molecule has 7 heteroatoms. The van der Waals surface area contributed by atoms with Gasteiger partial charge in [-0.1, -0.05) is 12.2 Å². The van der Waals surface area contributed by atoms with Crippen LogP contribution < -0.4 is 21.7 Å². The fourth-order valence-electron chi connectivity index (χ4n) is 5.07. The van der Waals surface area contributed by atoms with Crippen LogP contribution in [0.15, 0.2) is 12.2 Å². The first-order valence-corrected chi connectivity index (χ1v) is 8.83. The van der Waals surface area contributed by atoms with Crippen molar-refractivity contribution in [1.29, 1.82) is 0 Å². The molecule has 1 saturated carbocycles. The molecule has 2 saturated heterocycles. The van der Waals surface area contributed by atoms with Gasteiger partial charge in [-0.3, -0.25) is 14.4 Å². The summed E-state index contributed by atoms with van der Waals surface area (Å²) in [5.41, 5.74) is 5.46.